The van der Waals surface area contributed by atoms with Crippen molar-refractivity contribution in [3.05, 3.63) is 29.5 Å². The summed E-state index contributed by atoms with van der Waals surface area (Å²) < 4.78 is 6.36. The average molecular weight is 312 g/mol. The number of anilines is 1. The molecule has 0 unspecified atom stereocenters. The van der Waals surface area contributed by atoms with Crippen LogP contribution in [0.4, 0.5) is 5.69 Å². The number of benzene rings is 1. The number of aromatic nitrogens is 1. The Morgan fingerprint density at radius 2 is 1.91 bits per heavy atom. The summed E-state index contributed by atoms with van der Waals surface area (Å²) >= 11 is 0. The molecular weight excluding hydrogens is 284 g/mol. The number of hydrogen-bond acceptors (Lipinski definition) is 3. The molecular formula is C20H28N2O. The molecule has 1 aliphatic carbocycles. The van der Waals surface area contributed by atoms with Gasteiger partial charge in [-0.3, -0.25) is 4.98 Å². The number of ether oxygens (including phenoxy) is 1. The molecule has 3 rings (SSSR count). The molecule has 1 heterocycles. The predicted molar refractivity (Wildman–Crippen MR) is 96.9 cm³/mol. The zero-order chi connectivity index (χ0) is 16.4. The van der Waals surface area contributed by atoms with Crippen molar-refractivity contribution in [3.8, 4) is 5.75 Å². The van der Waals surface area contributed by atoms with E-state index in [0.717, 1.165) is 58.8 Å². The monoisotopic (exact) mass is 312 g/mol. The summed E-state index contributed by atoms with van der Waals surface area (Å²) in [5.74, 6) is 1.78. The van der Waals surface area contributed by atoms with Crippen LogP contribution in [0.2, 0.25) is 0 Å². The normalized spacial score (nSPS) is 21.5. The van der Waals surface area contributed by atoms with Gasteiger partial charge in [0.05, 0.1) is 17.0 Å². The smallest absolute Gasteiger partial charge is 0.131 e. The van der Waals surface area contributed by atoms with E-state index < -0.39 is 0 Å². The Balaban J connectivity index is 1.92. The van der Waals surface area contributed by atoms with Gasteiger partial charge in [-0.05, 0) is 62.6 Å². The highest BCUT2D eigenvalue weighted by atomic mass is 16.5. The summed E-state index contributed by atoms with van der Waals surface area (Å²) in [7, 11) is 0. The van der Waals surface area contributed by atoms with E-state index in [1.54, 1.807) is 0 Å². The Morgan fingerprint density at radius 3 is 2.57 bits per heavy atom. The van der Waals surface area contributed by atoms with E-state index in [0.29, 0.717) is 6.10 Å². The number of nitrogens with two attached hydrogens (primary N) is 1. The van der Waals surface area contributed by atoms with Crippen LogP contribution in [0.25, 0.3) is 10.9 Å². The number of nitrogen functional groups attached to an aromatic ring is 1. The lowest BCUT2D eigenvalue weighted by Gasteiger charge is -2.29. The van der Waals surface area contributed by atoms with Gasteiger partial charge < -0.3 is 10.5 Å². The number of aryl methyl sites for hydroxylation is 1. The Labute approximate surface area is 139 Å². The third kappa shape index (κ3) is 3.15. The molecule has 0 spiro atoms. The second kappa shape index (κ2) is 6.77. The molecule has 0 atom stereocenters. The van der Waals surface area contributed by atoms with Gasteiger partial charge in [-0.25, -0.2) is 0 Å². The molecule has 0 amide bonds. The van der Waals surface area contributed by atoms with E-state index in [4.69, 9.17) is 15.5 Å². The zero-order valence-corrected chi connectivity index (χ0v) is 14.6. The fourth-order valence-electron chi connectivity index (χ4n) is 3.86. The van der Waals surface area contributed by atoms with Crippen molar-refractivity contribution < 1.29 is 4.74 Å². The lowest BCUT2D eigenvalue weighted by atomic mass is 9.86. The van der Waals surface area contributed by atoms with Gasteiger partial charge in [0.15, 0.2) is 0 Å². The second-order valence-corrected chi connectivity index (χ2v) is 6.76. The minimum absolute atomic E-state index is 0.314. The molecule has 1 aromatic heterocycles. The summed E-state index contributed by atoms with van der Waals surface area (Å²) in [4.78, 5) is 4.73. The highest BCUT2D eigenvalue weighted by Gasteiger charge is 2.22. The largest absolute Gasteiger partial charge is 0.490 e. The van der Waals surface area contributed by atoms with Crippen molar-refractivity contribution in [2.45, 2.75) is 65.4 Å². The third-order valence-electron chi connectivity index (χ3n) is 5.34. The molecule has 1 aromatic carbocycles. The first-order valence-corrected chi connectivity index (χ1v) is 8.98. The van der Waals surface area contributed by atoms with Crippen LogP contribution in [0.15, 0.2) is 18.2 Å². The van der Waals surface area contributed by atoms with Gasteiger partial charge in [-0.2, -0.15) is 0 Å². The fraction of sp³-hybridized carbons (Fsp3) is 0.550. The van der Waals surface area contributed by atoms with Gasteiger partial charge in [0.25, 0.3) is 0 Å². The van der Waals surface area contributed by atoms with Gasteiger partial charge in [-0.1, -0.05) is 26.3 Å². The zero-order valence-electron chi connectivity index (χ0n) is 14.6. The Morgan fingerprint density at radius 1 is 1.17 bits per heavy atom. The standard InChI is InChI=1S/C20H28N2O/c1-4-14-9-11-15(12-10-14)23-18-8-6-7-17-19(18)20(21)16(5-2)13(3)22-17/h6-8,14-15H,4-5,9-12H2,1-3H3,(H2,21,22). The summed E-state index contributed by atoms with van der Waals surface area (Å²) in [6.45, 7) is 6.45. The minimum Gasteiger partial charge on any atom is -0.490 e. The van der Waals surface area contributed by atoms with E-state index in [-0.39, 0.29) is 0 Å². The van der Waals surface area contributed by atoms with Crippen molar-refractivity contribution in [1.82, 2.24) is 4.98 Å². The Bertz CT molecular complexity index is 688. The molecule has 1 aliphatic rings. The van der Waals surface area contributed by atoms with E-state index in [2.05, 4.69) is 13.8 Å². The molecule has 1 saturated carbocycles. The van der Waals surface area contributed by atoms with Crippen LogP contribution >= 0.6 is 0 Å². The molecule has 0 saturated heterocycles. The maximum atomic E-state index is 6.46. The maximum Gasteiger partial charge on any atom is 0.131 e. The van der Waals surface area contributed by atoms with Crippen molar-refractivity contribution in [3.63, 3.8) is 0 Å². The number of fused-ring (bicyclic) bond motifs is 1. The minimum atomic E-state index is 0.314. The van der Waals surface area contributed by atoms with Crippen LogP contribution in [0.5, 0.6) is 5.75 Å². The lowest BCUT2D eigenvalue weighted by Crippen LogP contribution is -2.24. The highest BCUT2D eigenvalue weighted by molar-refractivity contribution is 5.97. The molecule has 0 bridgehead atoms. The van der Waals surface area contributed by atoms with Gasteiger partial charge in [0.2, 0.25) is 0 Å². The number of rotatable bonds is 4. The topological polar surface area (TPSA) is 48.1 Å². The molecule has 2 N–H and O–H groups in total. The average Bonchev–Trinajstić information content (AvgIpc) is 2.56. The van der Waals surface area contributed by atoms with Gasteiger partial charge in [0.1, 0.15) is 5.75 Å². The highest BCUT2D eigenvalue weighted by Crippen LogP contribution is 2.36. The number of pyridine rings is 1. The first kappa shape index (κ1) is 16.1. The molecule has 1 fully saturated rings. The fourth-order valence-corrected chi connectivity index (χ4v) is 3.86. The van der Waals surface area contributed by atoms with E-state index in [9.17, 15) is 0 Å². The SMILES string of the molecule is CCc1c(C)nc2cccc(OC3CCC(CC)CC3)c2c1N. The number of hydrogen-bond donors (Lipinski definition) is 1. The molecule has 0 radical (unpaired) electrons. The van der Waals surface area contributed by atoms with Crippen LogP contribution in [-0.2, 0) is 6.42 Å². The van der Waals surface area contributed by atoms with Gasteiger partial charge >= 0.3 is 0 Å². The number of nitrogens with zero attached hydrogens (tertiary/aromatic N) is 1. The summed E-state index contributed by atoms with van der Waals surface area (Å²) in [6, 6.07) is 6.09. The lowest BCUT2D eigenvalue weighted by molar-refractivity contribution is 0.131. The van der Waals surface area contributed by atoms with Crippen molar-refractivity contribution in [2.75, 3.05) is 5.73 Å². The first-order valence-electron chi connectivity index (χ1n) is 8.98. The van der Waals surface area contributed by atoms with Crippen LogP contribution in [-0.4, -0.2) is 11.1 Å². The molecule has 3 heteroatoms. The predicted octanol–water partition coefficient (Wildman–Crippen LogP) is 5.04. The summed E-state index contributed by atoms with van der Waals surface area (Å²) in [5, 5.41) is 0.993. The van der Waals surface area contributed by atoms with E-state index in [1.165, 1.54) is 19.3 Å². The van der Waals surface area contributed by atoms with Crippen molar-refractivity contribution in [2.24, 2.45) is 5.92 Å². The van der Waals surface area contributed by atoms with Gasteiger partial charge in [0, 0.05) is 11.4 Å². The summed E-state index contributed by atoms with van der Waals surface area (Å²) in [5.41, 5.74) is 10.4. The van der Waals surface area contributed by atoms with E-state index >= 15 is 0 Å². The van der Waals surface area contributed by atoms with Crippen molar-refractivity contribution >= 4 is 16.6 Å². The second-order valence-electron chi connectivity index (χ2n) is 6.76. The van der Waals surface area contributed by atoms with Crippen LogP contribution < -0.4 is 10.5 Å². The van der Waals surface area contributed by atoms with Crippen molar-refractivity contribution in [1.29, 1.82) is 0 Å². The van der Waals surface area contributed by atoms with Crippen LogP contribution in [0.3, 0.4) is 0 Å². The third-order valence-corrected chi connectivity index (χ3v) is 5.34. The first-order chi connectivity index (χ1) is 11.1. The Kier molecular flexibility index (Phi) is 4.74. The van der Waals surface area contributed by atoms with Crippen LogP contribution in [0.1, 0.15) is 57.2 Å². The Hall–Kier alpha value is -1.77. The molecule has 0 aliphatic heterocycles. The molecule has 23 heavy (non-hydrogen) atoms. The quantitative estimate of drug-likeness (QED) is 0.860. The summed E-state index contributed by atoms with van der Waals surface area (Å²) in [6.07, 6.45) is 7.35. The van der Waals surface area contributed by atoms with E-state index in [1.807, 2.05) is 25.1 Å². The van der Waals surface area contributed by atoms with Crippen LogP contribution in [0, 0.1) is 12.8 Å². The van der Waals surface area contributed by atoms with Gasteiger partial charge in [-0.15, -0.1) is 0 Å². The molecule has 124 valence electrons. The molecule has 3 nitrogen and oxygen atoms in total. The maximum absolute atomic E-state index is 6.46. The molecule has 2 aromatic rings.